The maximum Gasteiger partial charge on any atom is 0.265 e. The van der Waals surface area contributed by atoms with Crippen LogP contribution in [0.15, 0.2) is 11.4 Å². The first-order valence-electron chi connectivity index (χ1n) is 4.94. The standard InChI is InChI=1S/C10H11ClN4OS/c1-6-12-8(14-13-6)5-15(2)10(16)9-7(11)3-4-17-9/h3-4H,5H2,1-2H3,(H,12,13,14). The van der Waals surface area contributed by atoms with E-state index in [9.17, 15) is 4.79 Å². The fraction of sp³-hybridized carbons (Fsp3) is 0.300. The summed E-state index contributed by atoms with van der Waals surface area (Å²) in [5.74, 6) is 1.20. The number of halogens is 1. The topological polar surface area (TPSA) is 61.9 Å². The van der Waals surface area contributed by atoms with E-state index >= 15 is 0 Å². The molecule has 0 radical (unpaired) electrons. The zero-order valence-corrected chi connectivity index (χ0v) is 11.0. The van der Waals surface area contributed by atoms with Gasteiger partial charge < -0.3 is 4.90 Å². The van der Waals surface area contributed by atoms with Gasteiger partial charge in [-0.1, -0.05) is 11.6 Å². The third-order valence-corrected chi connectivity index (χ3v) is 3.51. The molecule has 1 amide bonds. The number of hydrogen-bond donors (Lipinski definition) is 1. The van der Waals surface area contributed by atoms with Crippen LogP contribution in [0.3, 0.4) is 0 Å². The molecule has 90 valence electrons. The summed E-state index contributed by atoms with van der Waals surface area (Å²) >= 11 is 7.24. The number of rotatable bonds is 3. The number of aryl methyl sites for hydroxylation is 1. The second-order valence-electron chi connectivity index (χ2n) is 3.60. The molecule has 2 heterocycles. The number of thiophene rings is 1. The highest BCUT2D eigenvalue weighted by Crippen LogP contribution is 2.23. The number of hydrogen-bond acceptors (Lipinski definition) is 4. The van der Waals surface area contributed by atoms with Crippen LogP contribution in [0.2, 0.25) is 5.02 Å². The van der Waals surface area contributed by atoms with Crippen molar-refractivity contribution in [3.8, 4) is 0 Å². The van der Waals surface area contributed by atoms with Gasteiger partial charge in [0.05, 0.1) is 11.6 Å². The van der Waals surface area contributed by atoms with Crippen LogP contribution in [0.25, 0.3) is 0 Å². The minimum absolute atomic E-state index is 0.118. The van der Waals surface area contributed by atoms with Crippen molar-refractivity contribution in [3.05, 3.63) is 33.0 Å². The molecule has 0 atom stereocenters. The van der Waals surface area contributed by atoms with E-state index in [0.717, 1.165) is 5.82 Å². The average molecular weight is 271 g/mol. The highest BCUT2D eigenvalue weighted by atomic mass is 35.5. The summed E-state index contributed by atoms with van der Waals surface area (Å²) in [6, 6.07) is 1.71. The Morgan fingerprint density at radius 2 is 2.41 bits per heavy atom. The molecule has 2 aromatic heterocycles. The van der Waals surface area contributed by atoms with Gasteiger partial charge in [-0.15, -0.1) is 11.3 Å². The molecular formula is C10H11ClN4OS. The summed E-state index contributed by atoms with van der Waals surface area (Å²) in [4.78, 5) is 18.3. The molecule has 0 unspecified atom stereocenters. The minimum Gasteiger partial charge on any atom is -0.333 e. The first-order chi connectivity index (χ1) is 8.08. The molecule has 0 saturated carbocycles. The van der Waals surface area contributed by atoms with E-state index in [-0.39, 0.29) is 5.91 Å². The molecule has 0 fully saturated rings. The van der Waals surface area contributed by atoms with Crippen molar-refractivity contribution in [1.29, 1.82) is 0 Å². The number of amides is 1. The van der Waals surface area contributed by atoms with E-state index in [0.29, 0.717) is 22.3 Å². The van der Waals surface area contributed by atoms with Gasteiger partial charge in [0.2, 0.25) is 0 Å². The van der Waals surface area contributed by atoms with Crippen molar-refractivity contribution >= 4 is 28.8 Å². The second kappa shape index (κ2) is 4.85. The lowest BCUT2D eigenvalue weighted by Gasteiger charge is -2.14. The van der Waals surface area contributed by atoms with Crippen molar-refractivity contribution in [2.45, 2.75) is 13.5 Å². The number of carbonyl (C=O) groups is 1. The van der Waals surface area contributed by atoms with Crippen molar-refractivity contribution in [1.82, 2.24) is 20.1 Å². The monoisotopic (exact) mass is 270 g/mol. The smallest absolute Gasteiger partial charge is 0.265 e. The molecule has 7 heteroatoms. The minimum atomic E-state index is -0.118. The highest BCUT2D eigenvalue weighted by Gasteiger charge is 2.17. The third kappa shape index (κ3) is 2.65. The predicted molar refractivity (Wildman–Crippen MR) is 66.2 cm³/mol. The van der Waals surface area contributed by atoms with E-state index in [1.54, 1.807) is 23.4 Å². The molecule has 0 bridgehead atoms. The van der Waals surface area contributed by atoms with Gasteiger partial charge in [0.25, 0.3) is 5.91 Å². The van der Waals surface area contributed by atoms with Gasteiger partial charge >= 0.3 is 0 Å². The second-order valence-corrected chi connectivity index (χ2v) is 4.92. The van der Waals surface area contributed by atoms with Crippen molar-refractivity contribution in [2.75, 3.05) is 7.05 Å². The van der Waals surface area contributed by atoms with Gasteiger partial charge in [-0.05, 0) is 18.4 Å². The Morgan fingerprint density at radius 1 is 1.65 bits per heavy atom. The first-order valence-corrected chi connectivity index (χ1v) is 6.20. The number of H-pyrrole nitrogens is 1. The SMILES string of the molecule is Cc1nc(CN(C)C(=O)c2sccc2Cl)n[nH]1. The molecule has 0 aromatic carbocycles. The van der Waals surface area contributed by atoms with Gasteiger partial charge in [-0.3, -0.25) is 9.89 Å². The van der Waals surface area contributed by atoms with Gasteiger partial charge in [0.15, 0.2) is 5.82 Å². The molecular weight excluding hydrogens is 260 g/mol. The van der Waals surface area contributed by atoms with Gasteiger partial charge in [0.1, 0.15) is 10.7 Å². The zero-order valence-electron chi connectivity index (χ0n) is 9.40. The summed E-state index contributed by atoms with van der Waals surface area (Å²) in [6.07, 6.45) is 0. The fourth-order valence-corrected chi connectivity index (χ4v) is 2.49. The number of aromatic nitrogens is 3. The molecule has 0 saturated heterocycles. The van der Waals surface area contributed by atoms with E-state index in [4.69, 9.17) is 11.6 Å². The van der Waals surface area contributed by atoms with Crippen LogP contribution in [-0.4, -0.2) is 33.0 Å². The Kier molecular flexibility index (Phi) is 3.44. The number of nitrogens with one attached hydrogen (secondary N) is 1. The number of aromatic amines is 1. The molecule has 1 N–H and O–H groups in total. The Hall–Kier alpha value is -1.40. The summed E-state index contributed by atoms with van der Waals surface area (Å²) in [7, 11) is 1.70. The largest absolute Gasteiger partial charge is 0.333 e. The van der Waals surface area contributed by atoms with Crippen molar-refractivity contribution in [2.24, 2.45) is 0 Å². The first kappa shape index (κ1) is 12.1. The number of carbonyl (C=O) groups excluding carboxylic acids is 1. The van der Waals surface area contributed by atoms with Crippen LogP contribution >= 0.6 is 22.9 Å². The van der Waals surface area contributed by atoms with E-state index < -0.39 is 0 Å². The van der Waals surface area contributed by atoms with Crippen molar-refractivity contribution < 1.29 is 4.79 Å². The Morgan fingerprint density at radius 3 is 2.94 bits per heavy atom. The molecule has 2 rings (SSSR count). The Balaban J connectivity index is 2.08. The lowest BCUT2D eigenvalue weighted by Crippen LogP contribution is -2.26. The maximum absolute atomic E-state index is 12.0. The maximum atomic E-state index is 12.0. The molecule has 5 nitrogen and oxygen atoms in total. The number of nitrogens with zero attached hydrogens (tertiary/aromatic N) is 3. The lowest BCUT2D eigenvalue weighted by molar-refractivity contribution is 0.0786. The fourth-order valence-electron chi connectivity index (χ4n) is 1.36. The molecule has 0 spiro atoms. The van der Waals surface area contributed by atoms with E-state index in [1.165, 1.54) is 11.3 Å². The zero-order chi connectivity index (χ0) is 12.4. The van der Waals surface area contributed by atoms with Crippen LogP contribution in [0, 0.1) is 6.92 Å². The average Bonchev–Trinajstić information content (AvgIpc) is 2.86. The van der Waals surface area contributed by atoms with Crippen LogP contribution in [0.1, 0.15) is 21.3 Å². The van der Waals surface area contributed by atoms with Crippen molar-refractivity contribution in [3.63, 3.8) is 0 Å². The van der Waals surface area contributed by atoms with Crippen LogP contribution in [0.5, 0.6) is 0 Å². The van der Waals surface area contributed by atoms with E-state index in [1.807, 2.05) is 6.92 Å². The van der Waals surface area contributed by atoms with Crippen LogP contribution < -0.4 is 0 Å². The molecule has 2 aromatic rings. The molecule has 0 aliphatic carbocycles. The predicted octanol–water partition coefficient (Wildman–Crippen LogP) is 2.10. The Labute approximate surface area is 107 Å². The van der Waals surface area contributed by atoms with Gasteiger partial charge in [-0.25, -0.2) is 4.98 Å². The van der Waals surface area contributed by atoms with E-state index in [2.05, 4.69) is 15.2 Å². The summed E-state index contributed by atoms with van der Waals surface area (Å²) in [5, 5.41) is 9.00. The van der Waals surface area contributed by atoms with Gasteiger partial charge in [0, 0.05) is 7.05 Å². The quantitative estimate of drug-likeness (QED) is 0.929. The highest BCUT2D eigenvalue weighted by molar-refractivity contribution is 7.12. The van der Waals surface area contributed by atoms with Crippen LogP contribution in [-0.2, 0) is 6.54 Å². The lowest BCUT2D eigenvalue weighted by atomic mass is 10.4. The Bertz CT molecular complexity index is 536. The molecule has 0 aliphatic rings. The van der Waals surface area contributed by atoms with Crippen LogP contribution in [0.4, 0.5) is 0 Å². The summed E-state index contributed by atoms with van der Waals surface area (Å²) < 4.78 is 0. The molecule has 0 aliphatic heterocycles. The molecule has 17 heavy (non-hydrogen) atoms. The normalized spacial score (nSPS) is 10.5. The summed E-state index contributed by atoms with van der Waals surface area (Å²) in [5.41, 5.74) is 0. The van der Waals surface area contributed by atoms with Gasteiger partial charge in [-0.2, -0.15) is 5.10 Å². The summed E-state index contributed by atoms with van der Waals surface area (Å²) in [6.45, 7) is 2.17. The third-order valence-electron chi connectivity index (χ3n) is 2.18.